The van der Waals surface area contributed by atoms with Crippen LogP contribution in [-0.2, 0) is 14.8 Å². The minimum absolute atomic E-state index is 0.0528. The second kappa shape index (κ2) is 9.77. The van der Waals surface area contributed by atoms with Crippen LogP contribution in [0.25, 0.3) is 6.08 Å². The first-order valence-electron chi connectivity index (χ1n) is 9.16. The first kappa shape index (κ1) is 21.8. The Kier molecular flexibility index (Phi) is 6.88. The van der Waals surface area contributed by atoms with Crippen LogP contribution in [0.2, 0.25) is 0 Å². The molecule has 0 bridgehead atoms. The van der Waals surface area contributed by atoms with Crippen LogP contribution < -0.4 is 19.5 Å². The number of pyridine rings is 1. The van der Waals surface area contributed by atoms with Crippen molar-refractivity contribution in [2.45, 2.75) is 4.90 Å². The van der Waals surface area contributed by atoms with Gasteiger partial charge in [0.2, 0.25) is 5.91 Å². The first-order valence-corrected chi connectivity index (χ1v) is 10.6. The van der Waals surface area contributed by atoms with Gasteiger partial charge in [-0.3, -0.25) is 9.52 Å². The highest BCUT2D eigenvalue weighted by Gasteiger charge is 2.14. The molecule has 8 nitrogen and oxygen atoms in total. The Balaban J connectivity index is 1.64. The normalized spacial score (nSPS) is 11.2. The topological polar surface area (TPSA) is 107 Å². The number of carbonyl (C=O) groups is 1. The number of hydrogen-bond acceptors (Lipinski definition) is 6. The van der Waals surface area contributed by atoms with Crippen LogP contribution in [0.1, 0.15) is 5.56 Å². The molecule has 0 fully saturated rings. The van der Waals surface area contributed by atoms with Gasteiger partial charge in [-0.1, -0.05) is 12.1 Å². The molecule has 0 aliphatic rings. The fourth-order valence-electron chi connectivity index (χ4n) is 2.65. The van der Waals surface area contributed by atoms with Crippen molar-refractivity contribution < 1.29 is 22.7 Å². The third-order valence-electron chi connectivity index (χ3n) is 4.17. The fourth-order valence-corrected chi connectivity index (χ4v) is 3.66. The molecule has 1 heterocycles. The number of anilines is 2. The molecule has 0 radical (unpaired) electrons. The van der Waals surface area contributed by atoms with Crippen LogP contribution >= 0.6 is 0 Å². The van der Waals surface area contributed by atoms with Crippen LogP contribution in [0, 0.1) is 0 Å². The number of amides is 1. The molecule has 1 aromatic heterocycles. The summed E-state index contributed by atoms with van der Waals surface area (Å²) in [6.07, 6.45) is 4.49. The first-order chi connectivity index (χ1) is 14.9. The molecular formula is C22H21N3O5S. The second-order valence-corrected chi connectivity index (χ2v) is 7.96. The Morgan fingerprint density at radius 2 is 1.71 bits per heavy atom. The van der Waals surface area contributed by atoms with Gasteiger partial charge in [0.15, 0.2) is 11.5 Å². The number of nitrogens with zero attached hydrogens (tertiary/aromatic N) is 1. The maximum absolute atomic E-state index is 12.4. The van der Waals surface area contributed by atoms with Gasteiger partial charge in [-0.2, -0.15) is 0 Å². The summed E-state index contributed by atoms with van der Waals surface area (Å²) in [7, 11) is -0.695. The van der Waals surface area contributed by atoms with Crippen LogP contribution in [0.4, 0.5) is 11.5 Å². The van der Waals surface area contributed by atoms with Gasteiger partial charge in [0, 0.05) is 18.0 Å². The molecule has 0 atom stereocenters. The summed E-state index contributed by atoms with van der Waals surface area (Å²) < 4.78 is 37.7. The van der Waals surface area contributed by atoms with E-state index < -0.39 is 10.0 Å². The summed E-state index contributed by atoms with van der Waals surface area (Å²) in [5.74, 6) is 1.01. The van der Waals surface area contributed by atoms with E-state index in [1.807, 2.05) is 0 Å². The molecule has 0 aliphatic carbocycles. The lowest BCUT2D eigenvalue weighted by Crippen LogP contribution is -2.14. The molecule has 0 spiro atoms. The van der Waals surface area contributed by atoms with Gasteiger partial charge < -0.3 is 14.8 Å². The van der Waals surface area contributed by atoms with Crippen molar-refractivity contribution in [2.24, 2.45) is 0 Å². The largest absolute Gasteiger partial charge is 0.493 e. The summed E-state index contributed by atoms with van der Waals surface area (Å²) in [5, 5.41) is 2.68. The van der Waals surface area contributed by atoms with E-state index in [0.29, 0.717) is 17.2 Å². The quantitative estimate of drug-likeness (QED) is 0.520. The van der Waals surface area contributed by atoms with Gasteiger partial charge in [-0.15, -0.1) is 0 Å². The highest BCUT2D eigenvalue weighted by atomic mass is 32.2. The van der Waals surface area contributed by atoms with Gasteiger partial charge in [-0.05, 0) is 60.2 Å². The van der Waals surface area contributed by atoms with Crippen molar-refractivity contribution in [3.05, 3.63) is 78.5 Å². The third-order valence-corrected chi connectivity index (χ3v) is 5.54. The highest BCUT2D eigenvalue weighted by Crippen LogP contribution is 2.28. The molecule has 9 heteroatoms. The number of ether oxygens (including phenoxy) is 2. The molecule has 2 N–H and O–H groups in total. The lowest BCUT2D eigenvalue weighted by atomic mass is 10.2. The highest BCUT2D eigenvalue weighted by molar-refractivity contribution is 7.92. The summed E-state index contributed by atoms with van der Waals surface area (Å²) in [4.78, 5) is 16.2. The molecule has 0 aliphatic heterocycles. The molecule has 0 saturated carbocycles. The van der Waals surface area contributed by atoms with Crippen LogP contribution in [0.15, 0.2) is 77.8 Å². The Bertz CT molecular complexity index is 1180. The van der Waals surface area contributed by atoms with Crippen molar-refractivity contribution >= 4 is 33.5 Å². The summed E-state index contributed by atoms with van der Waals surface area (Å²) in [6, 6.07) is 16.0. The molecule has 3 aromatic rings. The van der Waals surface area contributed by atoms with Gasteiger partial charge in [0.1, 0.15) is 5.82 Å². The molecule has 0 saturated heterocycles. The number of rotatable bonds is 8. The lowest BCUT2D eigenvalue weighted by Gasteiger charge is -2.08. The van der Waals surface area contributed by atoms with E-state index in [0.717, 1.165) is 5.56 Å². The van der Waals surface area contributed by atoms with Crippen molar-refractivity contribution in [1.82, 2.24) is 4.98 Å². The minimum atomic E-state index is -3.78. The average Bonchev–Trinajstić information content (AvgIpc) is 2.78. The predicted octanol–water partition coefficient (Wildman–Crippen LogP) is 3.55. The van der Waals surface area contributed by atoms with E-state index in [-0.39, 0.29) is 16.6 Å². The van der Waals surface area contributed by atoms with Gasteiger partial charge in [0.05, 0.1) is 19.1 Å². The van der Waals surface area contributed by atoms with Crippen molar-refractivity contribution in [3.63, 3.8) is 0 Å². The zero-order chi connectivity index (χ0) is 22.3. The molecule has 3 rings (SSSR count). The van der Waals surface area contributed by atoms with Gasteiger partial charge in [0.25, 0.3) is 10.0 Å². The maximum atomic E-state index is 12.4. The molecule has 31 heavy (non-hydrogen) atoms. The summed E-state index contributed by atoms with van der Waals surface area (Å²) in [6.45, 7) is 0. The second-order valence-electron chi connectivity index (χ2n) is 6.28. The maximum Gasteiger partial charge on any atom is 0.263 e. The van der Waals surface area contributed by atoms with E-state index in [1.165, 1.54) is 43.6 Å². The van der Waals surface area contributed by atoms with Crippen LogP contribution in [0.5, 0.6) is 11.5 Å². The van der Waals surface area contributed by atoms with Crippen molar-refractivity contribution in [1.29, 1.82) is 0 Å². The van der Waals surface area contributed by atoms with Crippen LogP contribution in [-0.4, -0.2) is 33.5 Å². The smallest absolute Gasteiger partial charge is 0.263 e. The third kappa shape index (κ3) is 5.83. The van der Waals surface area contributed by atoms with Gasteiger partial charge >= 0.3 is 0 Å². The van der Waals surface area contributed by atoms with Gasteiger partial charge in [-0.25, -0.2) is 13.4 Å². The Hall–Kier alpha value is -3.85. The Morgan fingerprint density at radius 3 is 2.35 bits per heavy atom. The van der Waals surface area contributed by atoms with E-state index in [9.17, 15) is 13.2 Å². The summed E-state index contributed by atoms with van der Waals surface area (Å²) >= 11 is 0. The monoisotopic (exact) mass is 439 g/mol. The zero-order valence-corrected chi connectivity index (χ0v) is 17.7. The number of sulfonamides is 1. The van der Waals surface area contributed by atoms with E-state index >= 15 is 0 Å². The fraction of sp³-hybridized carbons (Fsp3) is 0.0909. The zero-order valence-electron chi connectivity index (χ0n) is 16.9. The predicted molar refractivity (Wildman–Crippen MR) is 119 cm³/mol. The molecule has 0 unspecified atom stereocenters. The van der Waals surface area contributed by atoms with Crippen molar-refractivity contribution in [2.75, 3.05) is 24.3 Å². The molecular weight excluding hydrogens is 418 g/mol. The average molecular weight is 439 g/mol. The number of benzene rings is 2. The van der Waals surface area contributed by atoms with E-state index in [2.05, 4.69) is 15.0 Å². The van der Waals surface area contributed by atoms with Crippen LogP contribution in [0.3, 0.4) is 0 Å². The lowest BCUT2D eigenvalue weighted by molar-refractivity contribution is -0.111. The number of hydrogen-bond donors (Lipinski definition) is 2. The molecule has 2 aromatic carbocycles. The molecule has 160 valence electrons. The number of methoxy groups -OCH3 is 2. The van der Waals surface area contributed by atoms with E-state index in [1.54, 1.807) is 49.6 Å². The standard InChI is InChI=1S/C22H21N3O5S/c1-29-19-12-6-16(15-20(19)30-2)7-13-22(26)24-17-8-10-18(11-9-17)31(27,28)25-21-5-3-4-14-23-21/h3-15H,1-2H3,(H,23,25)(H,24,26)/b13-7+. The van der Waals surface area contributed by atoms with E-state index in [4.69, 9.17) is 9.47 Å². The van der Waals surface area contributed by atoms with Crippen molar-refractivity contribution in [3.8, 4) is 11.5 Å². The summed E-state index contributed by atoms with van der Waals surface area (Å²) in [5.41, 5.74) is 1.22. The molecule has 1 amide bonds. The number of nitrogens with one attached hydrogen (secondary N) is 2. The minimum Gasteiger partial charge on any atom is -0.493 e. The number of aromatic nitrogens is 1. The Labute approximate surface area is 180 Å². The Morgan fingerprint density at radius 1 is 0.968 bits per heavy atom. The number of carbonyl (C=O) groups excluding carboxylic acids is 1. The SMILES string of the molecule is COc1ccc(/C=C/C(=O)Nc2ccc(S(=O)(=O)Nc3ccccn3)cc2)cc1OC.